The van der Waals surface area contributed by atoms with E-state index in [1.54, 1.807) is 57.2 Å². The molecule has 3 aromatic rings. The number of rotatable bonds is 12. The first-order chi connectivity index (χ1) is 22.3. The van der Waals surface area contributed by atoms with Crippen LogP contribution in [-0.4, -0.2) is 74.6 Å². The van der Waals surface area contributed by atoms with Gasteiger partial charge >= 0.3 is 6.09 Å². The standard InChI is InChI=1S/C32H41N9O6/c1-6-19(2)28(36-26(42)15-20-10-9-12-22(14-20)35-31(46)47-32(3,4)5)30(45)34-18-27(43)41-23-13-8-7-11-21(23)16-24(41)29(44)33-17-25-37-39-40-38-25/h7-14,19,24,28H,6,15-18H2,1-5H3,(H,33,44)(H,34,45)(H,35,46)(H,36,42)(H,37,38,39,40)/t19-,24-,28-/m0/s1. The highest BCUT2D eigenvalue weighted by Crippen LogP contribution is 2.32. The maximum absolute atomic E-state index is 13.5. The molecule has 0 radical (unpaired) electrons. The number of ether oxygens (including phenoxy) is 1. The van der Waals surface area contributed by atoms with Crippen molar-refractivity contribution in [2.75, 3.05) is 16.8 Å². The van der Waals surface area contributed by atoms with Crippen LogP contribution in [0.2, 0.25) is 0 Å². The second kappa shape index (κ2) is 15.3. The number of para-hydroxylation sites is 1. The van der Waals surface area contributed by atoms with Crippen LogP contribution >= 0.6 is 0 Å². The minimum Gasteiger partial charge on any atom is -0.444 e. The average Bonchev–Trinajstić information content (AvgIpc) is 3.68. The van der Waals surface area contributed by atoms with E-state index < -0.39 is 47.4 Å². The molecule has 4 rings (SSSR count). The Morgan fingerprint density at radius 2 is 1.83 bits per heavy atom. The summed E-state index contributed by atoms with van der Waals surface area (Å²) in [5, 5.41) is 24.3. The van der Waals surface area contributed by atoms with Gasteiger partial charge in [0.25, 0.3) is 0 Å². The first-order valence-corrected chi connectivity index (χ1v) is 15.4. The molecule has 0 saturated heterocycles. The molecule has 3 atom stereocenters. The van der Waals surface area contributed by atoms with Gasteiger partial charge in [-0.05, 0) is 56.0 Å². The van der Waals surface area contributed by atoms with Crippen molar-refractivity contribution in [3.8, 4) is 0 Å². The first kappa shape index (κ1) is 34.5. The summed E-state index contributed by atoms with van der Waals surface area (Å²) in [7, 11) is 0. The number of hydrogen-bond acceptors (Lipinski definition) is 9. The normalized spacial score (nSPS) is 15.2. The minimum atomic E-state index is -0.914. The van der Waals surface area contributed by atoms with Crippen LogP contribution in [0.15, 0.2) is 48.5 Å². The molecule has 0 bridgehead atoms. The summed E-state index contributed by atoms with van der Waals surface area (Å²) < 4.78 is 5.28. The van der Waals surface area contributed by atoms with Crippen molar-refractivity contribution in [2.24, 2.45) is 5.92 Å². The molecule has 0 saturated carbocycles. The predicted octanol–water partition coefficient (Wildman–Crippen LogP) is 2.01. The van der Waals surface area contributed by atoms with Gasteiger partial charge in [0.05, 0.1) is 19.5 Å². The molecule has 1 aliphatic heterocycles. The second-order valence-electron chi connectivity index (χ2n) is 12.3. The van der Waals surface area contributed by atoms with Crippen LogP contribution in [0, 0.1) is 5.92 Å². The minimum absolute atomic E-state index is 0.0295. The van der Waals surface area contributed by atoms with E-state index in [0.29, 0.717) is 35.6 Å². The van der Waals surface area contributed by atoms with Gasteiger partial charge in [-0.1, -0.05) is 55.8 Å². The van der Waals surface area contributed by atoms with E-state index in [9.17, 15) is 24.0 Å². The van der Waals surface area contributed by atoms with Crippen LogP contribution in [0.1, 0.15) is 58.0 Å². The molecule has 2 aromatic carbocycles. The summed E-state index contributed by atoms with van der Waals surface area (Å²) in [6, 6.07) is 12.2. The number of amides is 5. The topological polar surface area (TPSA) is 200 Å². The number of carbonyl (C=O) groups excluding carboxylic acids is 5. The molecule has 0 fully saturated rings. The van der Waals surface area contributed by atoms with E-state index in [1.165, 1.54) is 4.90 Å². The van der Waals surface area contributed by atoms with Gasteiger partial charge < -0.3 is 20.7 Å². The summed E-state index contributed by atoms with van der Waals surface area (Å²) >= 11 is 0. The zero-order valence-corrected chi connectivity index (χ0v) is 27.1. The molecule has 0 spiro atoms. The Morgan fingerprint density at radius 3 is 2.53 bits per heavy atom. The summed E-state index contributed by atoms with van der Waals surface area (Å²) in [6.07, 6.45) is 0.224. The predicted molar refractivity (Wildman–Crippen MR) is 172 cm³/mol. The lowest BCUT2D eigenvalue weighted by Crippen LogP contribution is -2.54. The lowest BCUT2D eigenvalue weighted by Gasteiger charge is -2.27. The van der Waals surface area contributed by atoms with E-state index in [4.69, 9.17) is 4.74 Å². The summed E-state index contributed by atoms with van der Waals surface area (Å²) in [5.74, 6) is -1.76. The molecule has 1 aliphatic rings. The van der Waals surface area contributed by atoms with Crippen molar-refractivity contribution in [2.45, 2.75) is 78.1 Å². The molecule has 5 N–H and O–H groups in total. The van der Waals surface area contributed by atoms with E-state index >= 15 is 0 Å². The van der Waals surface area contributed by atoms with E-state index in [1.807, 2.05) is 26.0 Å². The average molecular weight is 648 g/mol. The molecule has 5 amide bonds. The molecule has 47 heavy (non-hydrogen) atoms. The van der Waals surface area contributed by atoms with Crippen molar-refractivity contribution < 1.29 is 28.7 Å². The highest BCUT2D eigenvalue weighted by atomic mass is 16.6. The fourth-order valence-corrected chi connectivity index (χ4v) is 5.10. The van der Waals surface area contributed by atoms with Gasteiger partial charge in [-0.2, -0.15) is 5.21 Å². The molecule has 0 unspecified atom stereocenters. The van der Waals surface area contributed by atoms with Gasteiger partial charge in [-0.25, -0.2) is 4.79 Å². The lowest BCUT2D eigenvalue weighted by atomic mass is 9.97. The van der Waals surface area contributed by atoms with Crippen LogP contribution in [0.25, 0.3) is 0 Å². The Balaban J connectivity index is 1.37. The number of aromatic nitrogens is 4. The quantitative estimate of drug-likeness (QED) is 0.195. The highest BCUT2D eigenvalue weighted by Gasteiger charge is 2.38. The molecule has 15 heteroatoms. The number of carbonyl (C=O) groups is 5. The number of aromatic amines is 1. The van der Waals surface area contributed by atoms with Gasteiger partial charge in [0.2, 0.25) is 23.6 Å². The Labute approximate surface area is 272 Å². The lowest BCUT2D eigenvalue weighted by molar-refractivity contribution is -0.131. The van der Waals surface area contributed by atoms with Crippen LogP contribution in [-0.2, 0) is 43.3 Å². The maximum atomic E-state index is 13.5. The molecule has 15 nitrogen and oxygen atoms in total. The van der Waals surface area contributed by atoms with Gasteiger partial charge in [0.15, 0.2) is 5.82 Å². The van der Waals surface area contributed by atoms with Crippen LogP contribution < -0.4 is 26.2 Å². The van der Waals surface area contributed by atoms with E-state index in [-0.39, 0.29) is 25.4 Å². The van der Waals surface area contributed by atoms with Gasteiger partial charge in [0, 0.05) is 17.8 Å². The number of nitrogens with one attached hydrogen (secondary N) is 5. The number of hydrogen-bond donors (Lipinski definition) is 5. The van der Waals surface area contributed by atoms with Gasteiger partial charge in [-0.15, -0.1) is 10.2 Å². The van der Waals surface area contributed by atoms with E-state index in [0.717, 1.165) is 5.56 Å². The van der Waals surface area contributed by atoms with Crippen molar-refractivity contribution in [1.82, 2.24) is 36.6 Å². The smallest absolute Gasteiger partial charge is 0.412 e. The molecule has 1 aromatic heterocycles. The number of fused-ring (bicyclic) bond motifs is 1. The molecular formula is C32H41N9O6. The van der Waals surface area contributed by atoms with Crippen molar-refractivity contribution in [3.05, 3.63) is 65.5 Å². The Bertz CT molecular complexity index is 1590. The fraction of sp³-hybridized carbons (Fsp3) is 0.438. The second-order valence-corrected chi connectivity index (χ2v) is 12.3. The summed E-state index contributed by atoms with van der Waals surface area (Å²) in [6.45, 7) is 8.65. The van der Waals surface area contributed by atoms with Gasteiger partial charge in [0.1, 0.15) is 17.7 Å². The SMILES string of the molecule is CC[C@H](C)[C@H](NC(=O)Cc1cccc(NC(=O)OC(C)(C)C)c1)C(=O)NCC(=O)N1c2ccccc2C[C@H]1C(=O)NCc1nn[nH]n1. The third-order valence-corrected chi connectivity index (χ3v) is 7.52. The number of anilines is 2. The number of H-pyrrole nitrogens is 1. The van der Waals surface area contributed by atoms with Crippen LogP contribution in [0.5, 0.6) is 0 Å². The summed E-state index contributed by atoms with van der Waals surface area (Å²) in [4.78, 5) is 66.7. The third-order valence-electron chi connectivity index (χ3n) is 7.52. The molecule has 250 valence electrons. The number of tetrazole rings is 1. The zero-order chi connectivity index (χ0) is 34.1. The number of nitrogens with zero attached hydrogens (tertiary/aromatic N) is 4. The monoisotopic (exact) mass is 647 g/mol. The first-order valence-electron chi connectivity index (χ1n) is 15.4. The molecular weight excluding hydrogens is 606 g/mol. The zero-order valence-electron chi connectivity index (χ0n) is 27.1. The van der Waals surface area contributed by atoms with Gasteiger partial charge in [-0.3, -0.25) is 29.4 Å². The Hall–Kier alpha value is -5.34. The number of benzene rings is 2. The third kappa shape index (κ3) is 9.58. The molecule has 0 aliphatic carbocycles. The highest BCUT2D eigenvalue weighted by molar-refractivity contribution is 6.05. The van der Waals surface area contributed by atoms with Crippen LogP contribution in [0.3, 0.4) is 0 Å². The Morgan fingerprint density at radius 1 is 1.06 bits per heavy atom. The van der Waals surface area contributed by atoms with Crippen LogP contribution in [0.4, 0.5) is 16.2 Å². The largest absolute Gasteiger partial charge is 0.444 e. The summed E-state index contributed by atoms with van der Waals surface area (Å²) in [5.41, 5.74) is 1.82. The van der Waals surface area contributed by atoms with Crippen molar-refractivity contribution in [1.29, 1.82) is 0 Å². The van der Waals surface area contributed by atoms with Crippen molar-refractivity contribution >= 4 is 41.1 Å². The fourth-order valence-electron chi connectivity index (χ4n) is 5.10. The van der Waals surface area contributed by atoms with E-state index in [2.05, 4.69) is 41.9 Å². The van der Waals surface area contributed by atoms with Crippen molar-refractivity contribution in [3.63, 3.8) is 0 Å². The molecule has 2 heterocycles. The Kier molecular flexibility index (Phi) is 11.2. The maximum Gasteiger partial charge on any atom is 0.412 e.